The van der Waals surface area contributed by atoms with Crippen molar-refractivity contribution in [1.82, 2.24) is 0 Å². The fraction of sp³-hybridized carbons (Fsp3) is 1.00. The van der Waals surface area contributed by atoms with Crippen LogP contribution in [0.15, 0.2) is 0 Å². The first-order chi connectivity index (χ1) is 11.2. The van der Waals surface area contributed by atoms with E-state index in [-0.39, 0.29) is 12.8 Å². The molecular formula is C11H13F11O3S. The summed E-state index contributed by atoms with van der Waals surface area (Å²) in [4.78, 5) is 0. The molecule has 26 heavy (non-hydrogen) atoms. The first-order valence-electron chi connectivity index (χ1n) is 6.73. The summed E-state index contributed by atoms with van der Waals surface area (Å²) in [5.74, 6) is -29.4. The minimum Gasteiger partial charge on any atom is -0.281 e. The molecule has 0 fully saturated rings. The number of hydrogen-bond donors (Lipinski definition) is 1. The second-order valence-electron chi connectivity index (χ2n) is 5.30. The Morgan fingerprint density at radius 2 is 1.23 bits per heavy atom. The second kappa shape index (κ2) is 7.28. The molecule has 0 aliphatic rings. The molecule has 0 aromatic heterocycles. The largest absolute Gasteiger partial charge is 0.438 e. The van der Waals surface area contributed by atoms with Gasteiger partial charge >= 0.3 is 39.1 Å². The van der Waals surface area contributed by atoms with E-state index in [0.717, 1.165) is 0 Å². The van der Waals surface area contributed by atoms with Crippen LogP contribution in [-0.4, -0.2) is 48.1 Å². The molecule has 1 unspecified atom stereocenters. The van der Waals surface area contributed by atoms with E-state index in [1.807, 2.05) is 0 Å². The van der Waals surface area contributed by atoms with E-state index < -0.39 is 58.1 Å². The van der Waals surface area contributed by atoms with Crippen LogP contribution in [-0.2, 0) is 10.1 Å². The zero-order valence-electron chi connectivity index (χ0n) is 12.7. The van der Waals surface area contributed by atoms with Crippen molar-refractivity contribution < 1.29 is 61.3 Å². The van der Waals surface area contributed by atoms with Gasteiger partial charge in [0.15, 0.2) is 6.17 Å². The van der Waals surface area contributed by atoms with Gasteiger partial charge in [0, 0.05) is 0 Å². The van der Waals surface area contributed by atoms with Crippen LogP contribution < -0.4 is 0 Å². The van der Waals surface area contributed by atoms with Gasteiger partial charge in [-0.15, -0.1) is 0 Å². The van der Waals surface area contributed by atoms with E-state index in [9.17, 15) is 56.7 Å². The molecule has 0 radical (unpaired) electrons. The molecule has 0 saturated carbocycles. The summed E-state index contributed by atoms with van der Waals surface area (Å²) >= 11 is 0. The van der Waals surface area contributed by atoms with Crippen molar-refractivity contribution in [2.45, 2.75) is 67.7 Å². The van der Waals surface area contributed by atoms with E-state index in [4.69, 9.17) is 4.55 Å². The third kappa shape index (κ3) is 3.73. The number of hydrogen-bond acceptors (Lipinski definition) is 2. The molecule has 1 N–H and O–H groups in total. The molecule has 158 valence electrons. The lowest BCUT2D eigenvalue weighted by atomic mass is 9.93. The van der Waals surface area contributed by atoms with Gasteiger partial charge in [0.2, 0.25) is 0 Å². The van der Waals surface area contributed by atoms with Crippen LogP contribution >= 0.6 is 0 Å². The molecule has 0 spiro atoms. The molecule has 0 aromatic rings. The highest BCUT2D eigenvalue weighted by Gasteiger charge is 2.89. The van der Waals surface area contributed by atoms with Crippen LogP contribution in [0.1, 0.15) is 32.6 Å². The van der Waals surface area contributed by atoms with Crippen molar-refractivity contribution in [1.29, 1.82) is 0 Å². The number of rotatable bonds is 10. The zero-order chi connectivity index (χ0) is 21.4. The van der Waals surface area contributed by atoms with Crippen LogP contribution in [0, 0.1) is 0 Å². The summed E-state index contributed by atoms with van der Waals surface area (Å²) in [6.45, 7) is 1.46. The van der Waals surface area contributed by atoms with Gasteiger partial charge in [-0.2, -0.15) is 52.3 Å². The van der Waals surface area contributed by atoms with E-state index >= 15 is 0 Å². The van der Waals surface area contributed by atoms with Gasteiger partial charge in [-0.1, -0.05) is 26.2 Å². The lowest BCUT2D eigenvalue weighted by molar-refractivity contribution is -0.397. The van der Waals surface area contributed by atoms with Crippen LogP contribution in [0.3, 0.4) is 0 Å². The van der Waals surface area contributed by atoms with Gasteiger partial charge in [0.05, 0.1) is 0 Å². The summed E-state index contributed by atoms with van der Waals surface area (Å²) in [7, 11) is -7.42. The Hall–Kier alpha value is -0.860. The summed E-state index contributed by atoms with van der Waals surface area (Å²) in [6.07, 6.45) is -5.90. The van der Waals surface area contributed by atoms with Gasteiger partial charge in [-0.05, 0) is 6.42 Å². The van der Waals surface area contributed by atoms with Crippen LogP contribution in [0.4, 0.5) is 48.3 Å². The molecule has 0 heterocycles. The van der Waals surface area contributed by atoms with Crippen molar-refractivity contribution in [3.63, 3.8) is 0 Å². The van der Waals surface area contributed by atoms with Gasteiger partial charge in [0.1, 0.15) is 0 Å². The average molecular weight is 434 g/mol. The third-order valence-electron chi connectivity index (χ3n) is 3.35. The fourth-order valence-corrected chi connectivity index (χ4v) is 2.15. The standard InChI is InChI=1S/C11H13F11O3S/c1-2-3-4-5-6(12)7(13,14)8(15,16)9(17,18)10(19,20)11(21,22)26(23,24)25/h6H,2-5H2,1H3,(H,23,24,25). The second-order valence-corrected chi connectivity index (χ2v) is 6.76. The van der Waals surface area contributed by atoms with Crippen LogP contribution in [0.5, 0.6) is 0 Å². The molecule has 0 bridgehead atoms. The monoisotopic (exact) mass is 434 g/mol. The normalized spacial score (nSPS) is 16.7. The molecule has 1 atom stereocenters. The van der Waals surface area contributed by atoms with Crippen molar-refractivity contribution >= 4 is 10.1 Å². The number of alkyl halides is 11. The average Bonchev–Trinajstić information content (AvgIpc) is 2.45. The van der Waals surface area contributed by atoms with Crippen molar-refractivity contribution in [3.05, 3.63) is 0 Å². The maximum absolute atomic E-state index is 13.3. The predicted molar refractivity (Wildman–Crippen MR) is 65.3 cm³/mol. The number of unbranched alkanes of at least 4 members (excludes halogenated alkanes) is 2. The Labute approximate surface area is 140 Å². The Morgan fingerprint density at radius 1 is 0.808 bits per heavy atom. The topological polar surface area (TPSA) is 54.4 Å². The first kappa shape index (κ1) is 25.1. The van der Waals surface area contributed by atoms with Gasteiger partial charge in [-0.3, -0.25) is 4.55 Å². The van der Waals surface area contributed by atoms with E-state index in [0.29, 0.717) is 0 Å². The Kier molecular flexibility index (Phi) is 7.04. The fourth-order valence-electron chi connectivity index (χ4n) is 1.70. The molecule has 0 aliphatic carbocycles. The van der Waals surface area contributed by atoms with Gasteiger partial charge in [0.25, 0.3) is 0 Å². The summed E-state index contributed by atoms with van der Waals surface area (Å²) in [5, 5.41) is -7.27. The first-order valence-corrected chi connectivity index (χ1v) is 8.17. The van der Waals surface area contributed by atoms with Crippen LogP contribution in [0.2, 0.25) is 0 Å². The van der Waals surface area contributed by atoms with E-state index in [1.165, 1.54) is 6.92 Å². The van der Waals surface area contributed by atoms with Gasteiger partial charge in [-0.25, -0.2) is 4.39 Å². The van der Waals surface area contributed by atoms with Crippen molar-refractivity contribution in [2.75, 3.05) is 0 Å². The minimum atomic E-state index is -7.75. The predicted octanol–water partition coefficient (Wildman–Crippen LogP) is 4.93. The highest BCUT2D eigenvalue weighted by Crippen LogP contribution is 2.59. The SMILES string of the molecule is CCCCCC(F)C(F)(F)C(F)(F)C(F)(F)C(F)(F)C(F)(F)S(=O)(=O)O. The summed E-state index contributed by atoms with van der Waals surface area (Å²) in [6, 6.07) is 0. The molecule has 3 nitrogen and oxygen atoms in total. The van der Waals surface area contributed by atoms with Crippen molar-refractivity contribution in [3.8, 4) is 0 Å². The maximum atomic E-state index is 13.3. The zero-order valence-corrected chi connectivity index (χ0v) is 13.6. The molecule has 0 aliphatic heterocycles. The smallest absolute Gasteiger partial charge is 0.281 e. The quantitative estimate of drug-likeness (QED) is 0.302. The lowest BCUT2D eigenvalue weighted by Gasteiger charge is -2.39. The Morgan fingerprint density at radius 3 is 1.58 bits per heavy atom. The Balaban J connectivity index is 6.08. The van der Waals surface area contributed by atoms with Gasteiger partial charge < -0.3 is 0 Å². The maximum Gasteiger partial charge on any atom is 0.438 e. The summed E-state index contributed by atoms with van der Waals surface area (Å²) < 4.78 is 173. The van der Waals surface area contributed by atoms with Crippen molar-refractivity contribution in [2.24, 2.45) is 0 Å². The van der Waals surface area contributed by atoms with Crippen LogP contribution in [0.25, 0.3) is 0 Å². The molecule has 0 saturated heterocycles. The molecule has 15 heteroatoms. The highest BCUT2D eigenvalue weighted by molar-refractivity contribution is 7.87. The number of halogens is 11. The van der Waals surface area contributed by atoms with E-state index in [2.05, 4.69) is 0 Å². The lowest BCUT2D eigenvalue weighted by Crippen LogP contribution is -2.70. The molecule has 0 rings (SSSR count). The Bertz CT molecular complexity index is 588. The molecule has 0 aromatic carbocycles. The van der Waals surface area contributed by atoms with E-state index in [1.54, 1.807) is 0 Å². The minimum absolute atomic E-state index is 0.0184. The molecular weight excluding hydrogens is 421 g/mol. The highest BCUT2D eigenvalue weighted by atomic mass is 32.2. The summed E-state index contributed by atoms with van der Waals surface area (Å²) in [5.41, 5.74) is 0. The third-order valence-corrected chi connectivity index (χ3v) is 4.26. The molecule has 0 amide bonds.